The van der Waals surface area contributed by atoms with Crippen LogP contribution in [0.25, 0.3) is 0 Å². The van der Waals surface area contributed by atoms with Crippen LogP contribution in [0.15, 0.2) is 72.8 Å². The molecule has 4 aliphatic rings. The highest BCUT2D eigenvalue weighted by atomic mass is 16.7. The highest BCUT2D eigenvalue weighted by Crippen LogP contribution is 2.40. The summed E-state index contributed by atoms with van der Waals surface area (Å²) < 4.78 is 49.9. The number of aromatic hydroxyl groups is 3. The minimum atomic E-state index is -0.753. The van der Waals surface area contributed by atoms with E-state index in [0.29, 0.717) is 87.3 Å². The highest BCUT2D eigenvalue weighted by Gasteiger charge is 2.36. The standard InChI is InChI=1S/C52H73NO14/c1-32-25-37(64-50(60-32)43-19-4-7-22-46(43)57)17-12-18-38-30-42(63-49(62-38)31-53-34(3)54)28-36(56)14-11-16-40-29-39(65-52(66-40)45-21-6-9-24-48(45)59)15-10-13-35(55)27-41-26-33(2)61-51(67-41)44-20-5-8-23-47(44)58/h4-9,19-24,32-33,35-42,49-52,55-59H,10-18,25-31H2,1-3H3,(H,53,54)/t32?,33-,35?,36?,37?,38?,39?,40?,41?,42?,49?,50?,51?,52?/m0/s1. The van der Waals surface area contributed by atoms with Crippen molar-refractivity contribution in [1.29, 1.82) is 0 Å². The van der Waals surface area contributed by atoms with Gasteiger partial charge in [-0.05, 0) is 116 Å². The number of ether oxygens (including phenoxy) is 8. The summed E-state index contributed by atoms with van der Waals surface area (Å²) in [7, 11) is 0. The summed E-state index contributed by atoms with van der Waals surface area (Å²) in [6.45, 7) is 5.66. The molecule has 4 aliphatic heterocycles. The minimum Gasteiger partial charge on any atom is -0.507 e. The molecule has 0 radical (unpaired) electrons. The molecule has 0 saturated carbocycles. The average molecular weight is 936 g/mol. The molecular formula is C52H73NO14. The van der Waals surface area contributed by atoms with Crippen molar-refractivity contribution in [2.45, 2.75) is 203 Å². The number of phenols is 3. The van der Waals surface area contributed by atoms with Gasteiger partial charge in [0, 0.05) is 36.5 Å². The van der Waals surface area contributed by atoms with Crippen molar-refractivity contribution < 1.29 is 68.2 Å². The van der Waals surface area contributed by atoms with Gasteiger partial charge in [0.2, 0.25) is 5.91 Å². The molecule has 0 spiro atoms. The Morgan fingerprint density at radius 1 is 0.522 bits per heavy atom. The topological polar surface area (TPSA) is 204 Å². The molecule has 7 rings (SSSR count). The molecule has 15 nitrogen and oxygen atoms in total. The first-order chi connectivity index (χ1) is 32.3. The Balaban J connectivity index is 0.871. The number of aliphatic hydroxyl groups excluding tert-OH is 2. The second kappa shape index (κ2) is 25.1. The number of rotatable bonds is 21. The first kappa shape index (κ1) is 51.0. The van der Waals surface area contributed by atoms with Gasteiger partial charge in [0.25, 0.3) is 0 Å². The minimum absolute atomic E-state index is 0.0272. The van der Waals surface area contributed by atoms with Gasteiger partial charge in [-0.1, -0.05) is 54.6 Å². The SMILES string of the molecule is CC(=O)NCC1OC(CCCC2CC(C)OC(c3ccccc3O)O2)CC(CC(O)CCCC2CC(CCCC(O)CC3C[C@H](C)OC(c4ccccc4O)O3)OC(c3ccccc3O)O2)O1. The maximum atomic E-state index is 11.8. The molecule has 4 heterocycles. The highest BCUT2D eigenvalue weighted by molar-refractivity contribution is 5.72. The van der Waals surface area contributed by atoms with Crippen LogP contribution >= 0.6 is 0 Å². The average Bonchev–Trinajstić information content (AvgIpc) is 3.28. The smallest absolute Gasteiger partial charge is 0.217 e. The summed E-state index contributed by atoms with van der Waals surface area (Å²) in [5.74, 6) is 0.185. The van der Waals surface area contributed by atoms with Gasteiger partial charge in [-0.25, -0.2) is 0 Å². The molecule has 67 heavy (non-hydrogen) atoms. The second-order valence-corrected chi connectivity index (χ2v) is 19.0. The van der Waals surface area contributed by atoms with Crippen molar-refractivity contribution in [2.75, 3.05) is 6.54 Å². The number of aliphatic hydroxyl groups is 2. The number of hydrogen-bond acceptors (Lipinski definition) is 14. The Kier molecular flexibility index (Phi) is 19.1. The van der Waals surface area contributed by atoms with Crippen molar-refractivity contribution >= 4 is 5.91 Å². The van der Waals surface area contributed by atoms with Crippen molar-refractivity contribution in [3.8, 4) is 17.2 Å². The molecule has 0 aliphatic carbocycles. The van der Waals surface area contributed by atoms with Gasteiger partial charge < -0.3 is 68.7 Å². The first-order valence-corrected chi connectivity index (χ1v) is 24.5. The number of para-hydroxylation sites is 3. The molecular weight excluding hydrogens is 863 g/mol. The van der Waals surface area contributed by atoms with Crippen molar-refractivity contribution in [2.24, 2.45) is 0 Å². The van der Waals surface area contributed by atoms with Crippen LogP contribution in [0, 0.1) is 0 Å². The summed E-state index contributed by atoms with van der Waals surface area (Å²) in [4.78, 5) is 11.8. The van der Waals surface area contributed by atoms with E-state index < -0.39 is 37.4 Å². The summed E-state index contributed by atoms with van der Waals surface area (Å²) in [5, 5.41) is 56.8. The lowest BCUT2D eigenvalue weighted by molar-refractivity contribution is -0.251. The fourth-order valence-electron chi connectivity index (χ4n) is 9.90. The van der Waals surface area contributed by atoms with Crippen molar-refractivity contribution in [3.05, 3.63) is 89.5 Å². The van der Waals surface area contributed by atoms with Gasteiger partial charge >= 0.3 is 0 Å². The third-order valence-electron chi connectivity index (χ3n) is 13.2. The molecule has 370 valence electrons. The number of carbonyl (C=O) groups excluding carboxylic acids is 1. The summed E-state index contributed by atoms with van der Waals surface area (Å²) in [6, 6.07) is 21.1. The van der Waals surface area contributed by atoms with Gasteiger partial charge in [-0.3, -0.25) is 4.79 Å². The van der Waals surface area contributed by atoms with Gasteiger partial charge in [0.1, 0.15) is 17.2 Å². The Bertz CT molecular complexity index is 1970. The predicted molar refractivity (Wildman–Crippen MR) is 247 cm³/mol. The molecule has 0 bridgehead atoms. The predicted octanol–water partition coefficient (Wildman–Crippen LogP) is 8.41. The summed E-state index contributed by atoms with van der Waals surface area (Å²) in [6.07, 6.45) is 4.70. The first-order valence-electron chi connectivity index (χ1n) is 24.5. The largest absolute Gasteiger partial charge is 0.507 e. The quantitative estimate of drug-likeness (QED) is 0.0594. The van der Waals surface area contributed by atoms with Gasteiger partial charge in [-0.2, -0.15) is 0 Å². The van der Waals surface area contributed by atoms with E-state index in [1.165, 1.54) is 6.92 Å². The normalized spacial score (nSPS) is 31.2. The van der Waals surface area contributed by atoms with E-state index in [-0.39, 0.29) is 78.5 Å². The maximum absolute atomic E-state index is 11.8. The van der Waals surface area contributed by atoms with Crippen LogP contribution in [0.1, 0.15) is 153 Å². The van der Waals surface area contributed by atoms with Crippen LogP contribution in [-0.4, -0.2) is 105 Å². The molecule has 6 N–H and O–H groups in total. The summed E-state index contributed by atoms with van der Waals surface area (Å²) >= 11 is 0. The second-order valence-electron chi connectivity index (χ2n) is 19.0. The van der Waals surface area contributed by atoms with Gasteiger partial charge in [-0.15, -0.1) is 0 Å². The van der Waals surface area contributed by atoms with E-state index in [1.54, 1.807) is 48.5 Å². The zero-order chi connectivity index (χ0) is 47.3. The lowest BCUT2D eigenvalue weighted by Gasteiger charge is -2.38. The summed E-state index contributed by atoms with van der Waals surface area (Å²) in [5.41, 5.74) is 1.76. The number of nitrogens with one attached hydrogen (secondary N) is 1. The molecule has 4 fully saturated rings. The zero-order valence-electron chi connectivity index (χ0n) is 39.2. The fourth-order valence-corrected chi connectivity index (χ4v) is 9.90. The van der Waals surface area contributed by atoms with E-state index in [2.05, 4.69) is 5.32 Å². The third-order valence-corrected chi connectivity index (χ3v) is 13.2. The molecule has 13 unspecified atom stereocenters. The zero-order valence-corrected chi connectivity index (χ0v) is 39.2. The number of carbonyl (C=O) groups is 1. The van der Waals surface area contributed by atoms with Crippen molar-refractivity contribution in [3.63, 3.8) is 0 Å². The van der Waals surface area contributed by atoms with Crippen molar-refractivity contribution in [1.82, 2.24) is 5.32 Å². The lowest BCUT2D eigenvalue weighted by atomic mass is 9.95. The van der Waals surface area contributed by atoms with E-state index in [0.717, 1.165) is 25.7 Å². The Hall–Kier alpha value is -3.87. The molecule has 15 heteroatoms. The van der Waals surface area contributed by atoms with Gasteiger partial charge in [0.15, 0.2) is 25.2 Å². The molecule has 4 saturated heterocycles. The van der Waals surface area contributed by atoms with Crippen LogP contribution in [0.5, 0.6) is 17.2 Å². The number of phenolic OH excluding ortho intramolecular Hbond substituents is 3. The molecule has 1 amide bonds. The Morgan fingerprint density at radius 3 is 1.36 bits per heavy atom. The third kappa shape index (κ3) is 15.6. The Labute approximate surface area is 395 Å². The van der Waals surface area contributed by atoms with E-state index >= 15 is 0 Å². The molecule has 3 aromatic carbocycles. The molecule has 3 aromatic rings. The Morgan fingerprint density at radius 2 is 0.881 bits per heavy atom. The van der Waals surface area contributed by atoms with E-state index in [4.69, 9.17) is 37.9 Å². The number of benzene rings is 3. The van der Waals surface area contributed by atoms with E-state index in [9.17, 15) is 30.3 Å². The molecule has 0 aromatic heterocycles. The molecule has 14 atom stereocenters. The van der Waals surface area contributed by atoms with Crippen LogP contribution in [0.2, 0.25) is 0 Å². The van der Waals surface area contributed by atoms with Crippen LogP contribution < -0.4 is 5.32 Å². The van der Waals surface area contributed by atoms with Crippen LogP contribution in [-0.2, 0) is 42.7 Å². The van der Waals surface area contributed by atoms with Gasteiger partial charge in [0.05, 0.1) is 67.6 Å². The van der Waals surface area contributed by atoms with E-state index in [1.807, 2.05) is 38.1 Å². The lowest BCUT2D eigenvalue weighted by Crippen LogP contribution is -2.45. The number of amides is 1. The van der Waals surface area contributed by atoms with Crippen LogP contribution in [0.3, 0.4) is 0 Å². The maximum Gasteiger partial charge on any atom is 0.217 e. The monoisotopic (exact) mass is 936 g/mol. The number of hydrogen-bond donors (Lipinski definition) is 6. The van der Waals surface area contributed by atoms with Crippen LogP contribution in [0.4, 0.5) is 0 Å². The fraction of sp³-hybridized carbons (Fsp3) is 0.635.